The fourth-order valence-electron chi connectivity index (χ4n) is 2.22. The summed E-state index contributed by atoms with van der Waals surface area (Å²) in [6.07, 6.45) is 0.216. The van der Waals surface area contributed by atoms with Gasteiger partial charge in [-0.05, 0) is 12.1 Å². The highest BCUT2D eigenvalue weighted by atomic mass is 35.5. The summed E-state index contributed by atoms with van der Waals surface area (Å²) in [4.78, 5) is 12.2. The Bertz CT molecular complexity index is 803. The Kier molecular flexibility index (Phi) is 6.49. The van der Waals surface area contributed by atoms with Gasteiger partial charge in [0.05, 0.1) is 36.2 Å². The largest absolute Gasteiger partial charge is 0.495 e. The van der Waals surface area contributed by atoms with Crippen LogP contribution in [-0.2, 0) is 4.79 Å². The first kappa shape index (κ1) is 18.4. The number of amides is 1. The Hall–Kier alpha value is -2.91. The van der Waals surface area contributed by atoms with E-state index in [1.807, 2.05) is 6.07 Å². The second-order valence-electron chi connectivity index (χ2n) is 5.07. The molecule has 2 N–H and O–H groups in total. The first-order chi connectivity index (χ1) is 12.1. The van der Waals surface area contributed by atoms with Crippen molar-refractivity contribution in [3.8, 4) is 17.6 Å². The zero-order valence-corrected chi connectivity index (χ0v) is 14.7. The fourth-order valence-corrected chi connectivity index (χ4v) is 2.45. The number of rotatable bonds is 7. The van der Waals surface area contributed by atoms with Gasteiger partial charge in [0.2, 0.25) is 5.91 Å². The predicted molar refractivity (Wildman–Crippen MR) is 97.4 cm³/mol. The van der Waals surface area contributed by atoms with E-state index in [4.69, 9.17) is 26.3 Å². The van der Waals surface area contributed by atoms with Crippen molar-refractivity contribution in [2.45, 2.75) is 6.42 Å². The van der Waals surface area contributed by atoms with Crippen LogP contribution in [0.5, 0.6) is 11.5 Å². The number of nitriles is 1. The van der Waals surface area contributed by atoms with E-state index < -0.39 is 0 Å². The number of benzene rings is 2. The van der Waals surface area contributed by atoms with Crippen LogP contribution in [0.1, 0.15) is 12.0 Å². The number of ether oxygens (including phenoxy) is 2. The lowest BCUT2D eigenvalue weighted by Crippen LogP contribution is -2.17. The van der Waals surface area contributed by atoms with Gasteiger partial charge in [-0.3, -0.25) is 4.79 Å². The minimum Gasteiger partial charge on any atom is -0.495 e. The van der Waals surface area contributed by atoms with E-state index in [0.717, 1.165) is 0 Å². The summed E-state index contributed by atoms with van der Waals surface area (Å²) in [7, 11) is 2.99. The van der Waals surface area contributed by atoms with Crippen molar-refractivity contribution in [2.75, 3.05) is 31.4 Å². The molecular weight excluding hydrogens is 342 g/mol. The first-order valence-corrected chi connectivity index (χ1v) is 7.91. The molecule has 0 aliphatic heterocycles. The van der Waals surface area contributed by atoms with Crippen molar-refractivity contribution in [1.82, 2.24) is 0 Å². The minimum atomic E-state index is -0.204. The molecule has 0 unspecified atom stereocenters. The molecule has 0 fully saturated rings. The Morgan fingerprint density at radius 3 is 2.56 bits per heavy atom. The Balaban J connectivity index is 1.98. The van der Waals surface area contributed by atoms with Gasteiger partial charge in [-0.2, -0.15) is 5.26 Å². The van der Waals surface area contributed by atoms with E-state index in [0.29, 0.717) is 40.0 Å². The molecule has 0 radical (unpaired) electrons. The van der Waals surface area contributed by atoms with Crippen molar-refractivity contribution < 1.29 is 14.3 Å². The predicted octanol–water partition coefficient (Wildman–Crippen LogP) is 3.67. The fraction of sp³-hybridized carbons (Fsp3) is 0.222. The van der Waals surface area contributed by atoms with Crippen LogP contribution in [-0.4, -0.2) is 26.7 Å². The number of methoxy groups -OCH3 is 2. The molecule has 25 heavy (non-hydrogen) atoms. The highest BCUT2D eigenvalue weighted by Gasteiger charge is 2.12. The highest BCUT2D eigenvalue weighted by Crippen LogP contribution is 2.35. The van der Waals surface area contributed by atoms with Gasteiger partial charge in [0, 0.05) is 25.1 Å². The average molecular weight is 360 g/mol. The standard InChI is InChI=1S/C18H18ClN3O3/c1-24-16-10-15(17(25-2)9-13(16)19)22-18(23)7-8-21-14-6-4-3-5-12(14)11-20/h3-6,9-10,21H,7-8H2,1-2H3,(H,22,23). The molecule has 0 saturated carbocycles. The molecule has 6 nitrogen and oxygen atoms in total. The lowest BCUT2D eigenvalue weighted by atomic mass is 10.2. The summed E-state index contributed by atoms with van der Waals surface area (Å²) < 4.78 is 10.4. The third-order valence-corrected chi connectivity index (χ3v) is 3.76. The number of carbonyl (C=O) groups excluding carboxylic acids is 1. The minimum absolute atomic E-state index is 0.204. The van der Waals surface area contributed by atoms with Crippen LogP contribution < -0.4 is 20.1 Å². The molecule has 0 spiro atoms. The summed E-state index contributed by atoms with van der Waals surface area (Å²) in [6, 6.07) is 12.4. The molecule has 0 aliphatic rings. The quantitative estimate of drug-likeness (QED) is 0.788. The number of carbonyl (C=O) groups is 1. The number of hydrogen-bond donors (Lipinski definition) is 2. The zero-order chi connectivity index (χ0) is 18.2. The van der Waals surface area contributed by atoms with Gasteiger partial charge < -0.3 is 20.1 Å². The van der Waals surface area contributed by atoms with E-state index in [1.54, 1.807) is 30.3 Å². The van der Waals surface area contributed by atoms with Gasteiger partial charge in [0.1, 0.15) is 17.6 Å². The van der Waals surface area contributed by atoms with Gasteiger partial charge in [-0.1, -0.05) is 23.7 Å². The maximum absolute atomic E-state index is 12.2. The third-order valence-electron chi connectivity index (χ3n) is 3.46. The van der Waals surface area contributed by atoms with Crippen molar-refractivity contribution >= 4 is 28.9 Å². The molecule has 0 heterocycles. The zero-order valence-electron chi connectivity index (χ0n) is 13.9. The van der Waals surface area contributed by atoms with Crippen LogP contribution in [0.3, 0.4) is 0 Å². The molecule has 0 aliphatic carbocycles. The number of halogens is 1. The second kappa shape index (κ2) is 8.81. The van der Waals surface area contributed by atoms with Crippen molar-refractivity contribution in [1.29, 1.82) is 5.26 Å². The van der Waals surface area contributed by atoms with Crippen LogP contribution in [0.2, 0.25) is 5.02 Å². The van der Waals surface area contributed by atoms with Crippen molar-refractivity contribution in [3.05, 3.63) is 47.0 Å². The molecule has 2 aromatic carbocycles. The molecule has 1 amide bonds. The first-order valence-electron chi connectivity index (χ1n) is 7.53. The topological polar surface area (TPSA) is 83.4 Å². The summed E-state index contributed by atoms with van der Waals surface area (Å²) in [6.45, 7) is 0.386. The lowest BCUT2D eigenvalue weighted by molar-refractivity contribution is -0.116. The molecule has 0 bridgehead atoms. The maximum atomic E-state index is 12.2. The number of hydrogen-bond acceptors (Lipinski definition) is 5. The van der Waals surface area contributed by atoms with Crippen molar-refractivity contribution in [2.24, 2.45) is 0 Å². The third kappa shape index (κ3) is 4.78. The van der Waals surface area contributed by atoms with Gasteiger partial charge in [0.25, 0.3) is 0 Å². The smallest absolute Gasteiger partial charge is 0.226 e. The van der Waals surface area contributed by atoms with Crippen LogP contribution in [0.25, 0.3) is 0 Å². The van der Waals surface area contributed by atoms with Gasteiger partial charge >= 0.3 is 0 Å². The summed E-state index contributed by atoms with van der Waals surface area (Å²) >= 11 is 6.04. The van der Waals surface area contributed by atoms with E-state index >= 15 is 0 Å². The summed E-state index contributed by atoms with van der Waals surface area (Å²) in [5, 5.41) is 15.3. The van der Waals surface area contributed by atoms with E-state index in [-0.39, 0.29) is 12.3 Å². The second-order valence-corrected chi connectivity index (χ2v) is 5.48. The highest BCUT2D eigenvalue weighted by molar-refractivity contribution is 6.32. The van der Waals surface area contributed by atoms with Crippen LogP contribution >= 0.6 is 11.6 Å². The van der Waals surface area contributed by atoms with Gasteiger partial charge in [0.15, 0.2) is 0 Å². The van der Waals surface area contributed by atoms with Gasteiger partial charge in [-0.15, -0.1) is 0 Å². The Labute approximate surface area is 151 Å². The number of para-hydroxylation sites is 1. The van der Waals surface area contributed by atoms with Crippen LogP contribution in [0, 0.1) is 11.3 Å². The average Bonchev–Trinajstić information content (AvgIpc) is 2.63. The van der Waals surface area contributed by atoms with E-state index in [2.05, 4.69) is 16.7 Å². The molecule has 2 rings (SSSR count). The van der Waals surface area contributed by atoms with Crippen molar-refractivity contribution in [3.63, 3.8) is 0 Å². The summed E-state index contributed by atoms with van der Waals surface area (Å²) in [5.41, 5.74) is 1.71. The monoisotopic (exact) mass is 359 g/mol. The molecule has 2 aromatic rings. The SMILES string of the molecule is COc1cc(NC(=O)CCNc2ccccc2C#N)c(OC)cc1Cl. The Morgan fingerprint density at radius 1 is 1.16 bits per heavy atom. The van der Waals surface area contributed by atoms with E-state index in [1.165, 1.54) is 14.2 Å². The molecular formula is C18H18ClN3O3. The van der Waals surface area contributed by atoms with Gasteiger partial charge in [-0.25, -0.2) is 0 Å². The maximum Gasteiger partial charge on any atom is 0.226 e. The summed E-state index contributed by atoms with van der Waals surface area (Å²) in [5.74, 6) is 0.686. The molecule has 0 aromatic heterocycles. The molecule has 0 saturated heterocycles. The van der Waals surface area contributed by atoms with Crippen LogP contribution in [0.15, 0.2) is 36.4 Å². The molecule has 0 atom stereocenters. The van der Waals surface area contributed by atoms with E-state index in [9.17, 15) is 4.79 Å². The molecule has 130 valence electrons. The normalized spacial score (nSPS) is 9.84. The Morgan fingerprint density at radius 2 is 1.88 bits per heavy atom. The molecule has 7 heteroatoms. The number of nitrogens with zero attached hydrogens (tertiary/aromatic N) is 1. The number of nitrogens with one attached hydrogen (secondary N) is 2. The lowest BCUT2D eigenvalue weighted by Gasteiger charge is -2.13. The number of anilines is 2. The van der Waals surface area contributed by atoms with Crippen LogP contribution in [0.4, 0.5) is 11.4 Å².